The van der Waals surface area contributed by atoms with E-state index in [4.69, 9.17) is 5.11 Å². The number of aliphatic hydroxyl groups excluding tert-OH is 1. The third-order valence-corrected chi connectivity index (χ3v) is 4.51. The molecule has 1 aromatic heterocycles. The fourth-order valence-corrected chi connectivity index (χ4v) is 3.33. The average molecular weight is 277 g/mol. The van der Waals surface area contributed by atoms with Crippen LogP contribution < -0.4 is 0 Å². The Morgan fingerprint density at radius 3 is 2.89 bits per heavy atom. The lowest BCUT2D eigenvalue weighted by Crippen LogP contribution is -2.38. The number of carbonyl (C=O) groups excluding carboxylic acids is 1. The Morgan fingerprint density at radius 2 is 2.21 bits per heavy atom. The van der Waals surface area contributed by atoms with Crippen LogP contribution in [0.25, 0.3) is 0 Å². The highest BCUT2D eigenvalue weighted by molar-refractivity contribution is 7.12. The van der Waals surface area contributed by atoms with Crippen molar-refractivity contribution in [1.29, 1.82) is 0 Å². The van der Waals surface area contributed by atoms with Crippen LogP contribution in [0.3, 0.4) is 0 Å². The van der Waals surface area contributed by atoms with Crippen LogP contribution in [-0.4, -0.2) is 35.6 Å². The summed E-state index contributed by atoms with van der Waals surface area (Å²) in [5.74, 6) is 5.51. The lowest BCUT2D eigenvalue weighted by atomic mass is 9.94. The number of nitrogens with zero attached hydrogens (tertiary/aromatic N) is 1. The van der Waals surface area contributed by atoms with Gasteiger partial charge in [-0.15, -0.1) is 11.3 Å². The average Bonchev–Trinajstić information content (AvgIpc) is 2.92. The van der Waals surface area contributed by atoms with E-state index < -0.39 is 0 Å². The summed E-state index contributed by atoms with van der Waals surface area (Å²) in [4.78, 5) is 15.1. The summed E-state index contributed by atoms with van der Waals surface area (Å²) < 4.78 is 0. The maximum absolute atomic E-state index is 12.5. The van der Waals surface area contributed by atoms with E-state index in [0.717, 1.165) is 18.4 Å². The molecule has 1 fully saturated rings. The number of rotatable bonds is 2. The van der Waals surface area contributed by atoms with Crippen LogP contribution >= 0.6 is 11.3 Å². The molecule has 1 heterocycles. The highest BCUT2D eigenvalue weighted by Crippen LogP contribution is 2.25. The van der Waals surface area contributed by atoms with E-state index in [9.17, 15) is 4.79 Å². The lowest BCUT2D eigenvalue weighted by molar-refractivity contribution is 0.0701. The maximum Gasteiger partial charge on any atom is 0.265 e. The van der Waals surface area contributed by atoms with Crippen molar-refractivity contribution in [3.8, 4) is 11.8 Å². The monoisotopic (exact) mass is 277 g/mol. The van der Waals surface area contributed by atoms with Gasteiger partial charge < -0.3 is 10.0 Å². The van der Waals surface area contributed by atoms with Gasteiger partial charge in [-0.1, -0.05) is 31.1 Å². The van der Waals surface area contributed by atoms with Gasteiger partial charge in [0.15, 0.2) is 0 Å². The smallest absolute Gasteiger partial charge is 0.265 e. The van der Waals surface area contributed by atoms with Crippen LogP contribution in [0.4, 0.5) is 0 Å². The van der Waals surface area contributed by atoms with E-state index in [0.29, 0.717) is 10.9 Å². The predicted molar refractivity (Wildman–Crippen MR) is 77.2 cm³/mol. The summed E-state index contributed by atoms with van der Waals surface area (Å²) in [6.07, 6.45) is 5.91. The summed E-state index contributed by atoms with van der Waals surface area (Å²) in [5, 5.41) is 10.6. The van der Waals surface area contributed by atoms with Crippen LogP contribution in [0.15, 0.2) is 11.4 Å². The van der Waals surface area contributed by atoms with E-state index in [1.807, 2.05) is 23.4 Å². The Hall–Kier alpha value is -1.31. The fraction of sp³-hybridized carbons (Fsp3) is 0.533. The minimum atomic E-state index is -0.179. The first-order chi connectivity index (χ1) is 9.24. The van der Waals surface area contributed by atoms with Gasteiger partial charge in [-0.2, -0.15) is 0 Å². The van der Waals surface area contributed by atoms with Crippen molar-refractivity contribution in [3.63, 3.8) is 0 Å². The first kappa shape index (κ1) is 14.1. The standard InChI is InChI=1S/C15H19NO2S/c1-16(13-7-3-2-4-8-13)15(18)14-12(6-5-10-17)9-11-19-14/h9,11,13,17H,2-4,7-8,10H2,1H3. The van der Waals surface area contributed by atoms with Crippen LogP contribution in [0.1, 0.15) is 47.3 Å². The van der Waals surface area contributed by atoms with Crippen molar-refractivity contribution < 1.29 is 9.90 Å². The number of hydrogen-bond donors (Lipinski definition) is 1. The third kappa shape index (κ3) is 3.37. The van der Waals surface area contributed by atoms with Gasteiger partial charge in [-0.3, -0.25) is 4.79 Å². The van der Waals surface area contributed by atoms with E-state index >= 15 is 0 Å². The molecule has 0 aliphatic heterocycles. The van der Waals surface area contributed by atoms with Crippen molar-refractivity contribution in [2.24, 2.45) is 0 Å². The Kier molecular flexibility index (Phi) is 5.00. The molecule has 0 aromatic carbocycles. The molecule has 0 radical (unpaired) electrons. The van der Waals surface area contributed by atoms with Gasteiger partial charge in [0, 0.05) is 18.7 Å². The summed E-state index contributed by atoms with van der Waals surface area (Å²) in [7, 11) is 1.89. The summed E-state index contributed by atoms with van der Waals surface area (Å²) in [5.41, 5.74) is 0.728. The maximum atomic E-state index is 12.5. The normalized spacial score (nSPS) is 15.7. The molecule has 1 N–H and O–H groups in total. The minimum Gasteiger partial charge on any atom is -0.384 e. The highest BCUT2D eigenvalue weighted by Gasteiger charge is 2.24. The van der Waals surface area contributed by atoms with Gasteiger partial charge in [-0.05, 0) is 24.3 Å². The van der Waals surface area contributed by atoms with E-state index in [1.165, 1.54) is 30.6 Å². The van der Waals surface area contributed by atoms with Gasteiger partial charge >= 0.3 is 0 Å². The molecule has 0 unspecified atom stereocenters. The molecule has 4 heteroatoms. The first-order valence-corrected chi connectivity index (χ1v) is 7.56. The SMILES string of the molecule is CN(C(=O)c1sccc1C#CCO)C1CCCCC1. The molecule has 1 aliphatic carbocycles. The molecule has 1 aromatic rings. The fourth-order valence-electron chi connectivity index (χ4n) is 2.50. The number of hydrogen-bond acceptors (Lipinski definition) is 3. The molecule has 1 saturated carbocycles. The quantitative estimate of drug-likeness (QED) is 0.844. The molecule has 0 saturated heterocycles. The van der Waals surface area contributed by atoms with Crippen LogP contribution in [0, 0.1) is 11.8 Å². The van der Waals surface area contributed by atoms with Crippen molar-refractivity contribution >= 4 is 17.2 Å². The summed E-state index contributed by atoms with van der Waals surface area (Å²) in [6, 6.07) is 2.21. The molecule has 0 bridgehead atoms. The zero-order chi connectivity index (χ0) is 13.7. The zero-order valence-corrected chi connectivity index (χ0v) is 12.0. The number of carbonyl (C=O) groups is 1. The minimum absolute atomic E-state index is 0.0594. The zero-order valence-electron chi connectivity index (χ0n) is 11.2. The molecule has 0 atom stereocenters. The topological polar surface area (TPSA) is 40.5 Å². The lowest BCUT2D eigenvalue weighted by Gasteiger charge is -2.31. The second-order valence-electron chi connectivity index (χ2n) is 4.83. The molecular formula is C15H19NO2S. The Morgan fingerprint density at radius 1 is 1.47 bits per heavy atom. The number of aliphatic hydroxyl groups is 1. The van der Waals surface area contributed by atoms with Crippen molar-refractivity contribution in [2.75, 3.05) is 13.7 Å². The van der Waals surface area contributed by atoms with Gasteiger partial charge in [-0.25, -0.2) is 0 Å². The number of amides is 1. The van der Waals surface area contributed by atoms with Gasteiger partial charge in [0.05, 0.1) is 0 Å². The molecule has 102 valence electrons. The molecule has 2 rings (SSSR count). The summed E-state index contributed by atoms with van der Waals surface area (Å²) >= 11 is 1.43. The Labute approximate surface area is 118 Å². The van der Waals surface area contributed by atoms with Crippen molar-refractivity contribution in [2.45, 2.75) is 38.1 Å². The van der Waals surface area contributed by atoms with Crippen LogP contribution in [-0.2, 0) is 0 Å². The van der Waals surface area contributed by atoms with Crippen molar-refractivity contribution in [3.05, 3.63) is 21.9 Å². The second-order valence-corrected chi connectivity index (χ2v) is 5.75. The second kappa shape index (κ2) is 6.74. The van der Waals surface area contributed by atoms with Gasteiger partial charge in [0.1, 0.15) is 11.5 Å². The molecule has 1 amide bonds. The third-order valence-electron chi connectivity index (χ3n) is 3.60. The molecule has 19 heavy (non-hydrogen) atoms. The van der Waals surface area contributed by atoms with Crippen LogP contribution in [0.2, 0.25) is 0 Å². The Balaban J connectivity index is 2.12. The first-order valence-electron chi connectivity index (χ1n) is 6.68. The van der Waals surface area contributed by atoms with Gasteiger partial charge in [0.2, 0.25) is 0 Å². The summed E-state index contributed by atoms with van der Waals surface area (Å²) in [6.45, 7) is -0.179. The van der Waals surface area contributed by atoms with E-state index in [1.54, 1.807) is 0 Å². The largest absolute Gasteiger partial charge is 0.384 e. The molecule has 1 aliphatic rings. The molecule has 3 nitrogen and oxygen atoms in total. The highest BCUT2D eigenvalue weighted by atomic mass is 32.1. The van der Waals surface area contributed by atoms with Gasteiger partial charge in [0.25, 0.3) is 5.91 Å². The Bertz CT molecular complexity index is 492. The molecule has 0 spiro atoms. The number of thiophene rings is 1. The van der Waals surface area contributed by atoms with Crippen molar-refractivity contribution in [1.82, 2.24) is 4.90 Å². The predicted octanol–water partition coefficient (Wildman–Crippen LogP) is 2.50. The molecular weight excluding hydrogens is 258 g/mol. The van der Waals surface area contributed by atoms with E-state index in [2.05, 4.69) is 11.8 Å². The van der Waals surface area contributed by atoms with Crippen LogP contribution in [0.5, 0.6) is 0 Å². The van der Waals surface area contributed by atoms with E-state index in [-0.39, 0.29) is 12.5 Å².